The second-order valence-electron chi connectivity index (χ2n) is 6.93. The van der Waals surface area contributed by atoms with Crippen molar-refractivity contribution < 1.29 is 9.13 Å². The number of ether oxygens (including phenoxy) is 1. The van der Waals surface area contributed by atoms with Crippen LogP contribution in [0.1, 0.15) is 16.8 Å². The summed E-state index contributed by atoms with van der Waals surface area (Å²) in [6, 6.07) is 11.9. The zero-order chi connectivity index (χ0) is 20.5. The molecule has 0 unspecified atom stereocenters. The van der Waals surface area contributed by atoms with Gasteiger partial charge in [-0.1, -0.05) is 5.92 Å². The van der Waals surface area contributed by atoms with Crippen LogP contribution in [0.4, 0.5) is 15.8 Å². The largest absolute Gasteiger partial charge is 0.378 e. The summed E-state index contributed by atoms with van der Waals surface area (Å²) in [5.74, 6) is 6.34. The molecule has 0 amide bonds. The smallest absolute Gasteiger partial charge is 0.107 e. The van der Waals surface area contributed by atoms with Gasteiger partial charge in [-0.3, -0.25) is 0 Å². The van der Waals surface area contributed by atoms with Gasteiger partial charge in [0.15, 0.2) is 0 Å². The highest BCUT2D eigenvalue weighted by Gasteiger charge is 2.10. The van der Waals surface area contributed by atoms with Gasteiger partial charge in [-0.2, -0.15) is 0 Å². The molecule has 0 aliphatic carbocycles. The van der Waals surface area contributed by atoms with Crippen LogP contribution >= 0.6 is 0 Å². The zero-order valence-corrected chi connectivity index (χ0v) is 17.0. The number of aryl methyl sites for hydroxylation is 1. The van der Waals surface area contributed by atoms with Crippen LogP contribution in [-0.4, -0.2) is 56.5 Å². The topological polar surface area (TPSA) is 44.4 Å². The van der Waals surface area contributed by atoms with Crippen molar-refractivity contribution in [1.82, 2.24) is 9.97 Å². The minimum Gasteiger partial charge on any atom is -0.378 e. The number of anilines is 2. The molecular weight excluding hydrogens is 367 g/mol. The SMILES string of the molecule is Cc1cc(N2CCOCC2)cnc[nH]c(C#Cc2ccc(N(C)CCF)cc2)c1. The minimum absolute atomic E-state index is 0.367. The van der Waals surface area contributed by atoms with Crippen molar-refractivity contribution in [3.63, 3.8) is 0 Å². The van der Waals surface area contributed by atoms with Gasteiger partial charge >= 0.3 is 0 Å². The number of halogens is 1. The maximum Gasteiger partial charge on any atom is 0.107 e. The standard InChI is InChI=1S/C23H27FN4O/c1-19-15-21(6-3-20-4-7-22(8-5-20)27(2)10-9-24)26-18-25-17-23(16-19)28-11-13-29-14-12-28/h4-5,7-8,15-18H,9-14H2,1-2H3,(H,25,26). The molecule has 1 aliphatic rings. The van der Waals surface area contributed by atoms with Gasteiger partial charge < -0.3 is 19.5 Å². The van der Waals surface area contributed by atoms with E-state index in [2.05, 4.69) is 39.7 Å². The van der Waals surface area contributed by atoms with E-state index in [1.54, 1.807) is 6.33 Å². The number of nitrogens with one attached hydrogen (secondary N) is 1. The molecule has 1 aromatic heterocycles. The lowest BCUT2D eigenvalue weighted by atomic mass is 10.2. The van der Waals surface area contributed by atoms with Crippen LogP contribution in [0.25, 0.3) is 0 Å². The first-order valence-electron chi connectivity index (χ1n) is 9.76. The lowest BCUT2D eigenvalue weighted by Gasteiger charge is -2.28. The predicted octanol–water partition coefficient (Wildman–Crippen LogP) is 3.48. The van der Waals surface area contributed by atoms with E-state index in [4.69, 9.17) is 4.74 Å². The van der Waals surface area contributed by atoms with E-state index in [9.17, 15) is 4.39 Å². The Balaban J connectivity index is 1.81. The van der Waals surface area contributed by atoms with Gasteiger partial charge in [-0.15, -0.1) is 0 Å². The van der Waals surface area contributed by atoms with E-state index in [1.807, 2.05) is 48.5 Å². The van der Waals surface area contributed by atoms with Crippen molar-refractivity contribution in [1.29, 1.82) is 0 Å². The summed E-state index contributed by atoms with van der Waals surface area (Å²) in [7, 11) is 1.88. The predicted molar refractivity (Wildman–Crippen MR) is 116 cm³/mol. The fourth-order valence-electron chi connectivity index (χ4n) is 3.06. The Bertz CT molecular complexity index is 906. The first-order chi connectivity index (χ1) is 14.2. The maximum atomic E-state index is 12.5. The highest BCUT2D eigenvalue weighted by Crippen LogP contribution is 2.15. The summed E-state index contributed by atoms with van der Waals surface area (Å²) >= 11 is 0. The van der Waals surface area contributed by atoms with E-state index in [1.165, 1.54) is 0 Å². The molecule has 6 heteroatoms. The molecule has 29 heavy (non-hydrogen) atoms. The Morgan fingerprint density at radius 1 is 1.17 bits per heavy atom. The summed E-state index contributed by atoms with van der Waals surface area (Å²) in [6.45, 7) is 5.28. The number of hydrogen-bond donors (Lipinski definition) is 1. The number of aromatic nitrogens is 2. The van der Waals surface area contributed by atoms with E-state index < -0.39 is 0 Å². The summed E-state index contributed by atoms with van der Waals surface area (Å²) < 4.78 is 17.9. The van der Waals surface area contributed by atoms with Gasteiger partial charge in [0, 0.05) is 37.9 Å². The second kappa shape index (κ2) is 10.5. The molecule has 2 aromatic rings. The van der Waals surface area contributed by atoms with Crippen LogP contribution in [0, 0.1) is 18.8 Å². The van der Waals surface area contributed by atoms with Crippen LogP contribution in [0.2, 0.25) is 0 Å². The number of alkyl halides is 1. The zero-order valence-electron chi connectivity index (χ0n) is 17.0. The third kappa shape index (κ3) is 6.23. The number of aromatic amines is 1. The van der Waals surface area contributed by atoms with Crippen molar-refractivity contribution in [2.24, 2.45) is 0 Å². The third-order valence-corrected chi connectivity index (χ3v) is 4.69. The van der Waals surface area contributed by atoms with E-state index in [-0.39, 0.29) is 6.67 Å². The quantitative estimate of drug-likeness (QED) is 0.807. The van der Waals surface area contributed by atoms with Gasteiger partial charge in [0.25, 0.3) is 0 Å². The van der Waals surface area contributed by atoms with Crippen molar-refractivity contribution in [2.45, 2.75) is 6.92 Å². The molecule has 1 N–H and O–H groups in total. The van der Waals surface area contributed by atoms with Crippen molar-refractivity contribution in [3.8, 4) is 11.8 Å². The number of benzene rings is 1. The Hall–Kier alpha value is -3.04. The molecule has 0 atom stereocenters. The normalized spacial score (nSPS) is 13.3. The maximum absolute atomic E-state index is 12.5. The van der Waals surface area contributed by atoms with Crippen LogP contribution in [0.3, 0.4) is 0 Å². The average Bonchev–Trinajstić information content (AvgIpc) is 2.83. The highest BCUT2D eigenvalue weighted by molar-refractivity contribution is 5.51. The van der Waals surface area contributed by atoms with Gasteiger partial charge in [0.2, 0.25) is 0 Å². The average molecular weight is 394 g/mol. The van der Waals surface area contributed by atoms with Crippen LogP contribution < -0.4 is 9.80 Å². The molecule has 1 saturated heterocycles. The molecule has 5 nitrogen and oxygen atoms in total. The number of H-pyrrole nitrogens is 1. The van der Waals surface area contributed by atoms with Crippen LogP contribution in [-0.2, 0) is 4.74 Å². The van der Waals surface area contributed by atoms with Crippen molar-refractivity contribution in [2.75, 3.05) is 56.4 Å². The lowest BCUT2D eigenvalue weighted by molar-refractivity contribution is 0.122. The van der Waals surface area contributed by atoms with Gasteiger partial charge in [-0.25, -0.2) is 9.37 Å². The molecule has 152 valence electrons. The Morgan fingerprint density at radius 3 is 2.66 bits per heavy atom. The highest BCUT2D eigenvalue weighted by atomic mass is 19.1. The van der Waals surface area contributed by atoms with E-state index in [0.717, 1.165) is 54.5 Å². The van der Waals surface area contributed by atoms with Crippen LogP contribution in [0.15, 0.2) is 48.9 Å². The molecule has 2 heterocycles. The fourth-order valence-corrected chi connectivity index (χ4v) is 3.06. The summed E-state index contributed by atoms with van der Waals surface area (Å²) in [5.41, 5.74) is 4.81. The summed E-state index contributed by atoms with van der Waals surface area (Å²) in [4.78, 5) is 11.7. The number of morpholine rings is 1. The first-order valence-corrected chi connectivity index (χ1v) is 9.76. The summed E-state index contributed by atoms with van der Waals surface area (Å²) in [5, 5.41) is 0. The van der Waals surface area contributed by atoms with Crippen molar-refractivity contribution in [3.05, 3.63) is 65.7 Å². The Morgan fingerprint density at radius 2 is 1.93 bits per heavy atom. The second-order valence-corrected chi connectivity index (χ2v) is 6.93. The molecule has 1 fully saturated rings. The van der Waals surface area contributed by atoms with Gasteiger partial charge in [0.05, 0.1) is 37.1 Å². The molecule has 0 radical (unpaired) electrons. The number of hydrogen-bond acceptors (Lipinski definition) is 4. The first kappa shape index (κ1) is 20.7. The summed E-state index contributed by atoms with van der Waals surface area (Å²) in [6.07, 6.45) is 3.51. The molecule has 1 aromatic carbocycles. The van der Waals surface area contributed by atoms with Crippen LogP contribution in [0.5, 0.6) is 0 Å². The molecule has 3 rings (SSSR count). The lowest BCUT2D eigenvalue weighted by Crippen LogP contribution is -2.36. The minimum atomic E-state index is -0.367. The van der Waals surface area contributed by atoms with E-state index >= 15 is 0 Å². The Labute approximate surface area is 171 Å². The van der Waals surface area contributed by atoms with Gasteiger partial charge in [0.1, 0.15) is 6.67 Å². The molecule has 1 aliphatic heterocycles. The Kier molecular flexibility index (Phi) is 7.48. The van der Waals surface area contributed by atoms with Crippen molar-refractivity contribution >= 4 is 11.4 Å². The molecular formula is C23H27FN4O. The van der Waals surface area contributed by atoms with E-state index in [0.29, 0.717) is 6.54 Å². The monoisotopic (exact) mass is 394 g/mol. The number of rotatable bonds is 4. The molecule has 0 spiro atoms. The third-order valence-electron chi connectivity index (χ3n) is 4.69. The fraction of sp³-hybridized carbons (Fsp3) is 0.348. The van der Waals surface area contributed by atoms with Gasteiger partial charge in [-0.05, 0) is 54.8 Å². The molecule has 0 bridgehead atoms. The molecule has 0 saturated carbocycles. The number of nitrogens with zero attached hydrogens (tertiary/aromatic N) is 3.